The molecule has 0 spiro atoms. The molecule has 23 heavy (non-hydrogen) atoms. The number of piperidine rings is 1. The molecule has 1 aromatic rings. The molecule has 1 heterocycles. The summed E-state index contributed by atoms with van der Waals surface area (Å²) >= 11 is 0. The van der Waals surface area contributed by atoms with Gasteiger partial charge in [-0.2, -0.15) is 0 Å². The Kier molecular flexibility index (Phi) is 4.50. The molecule has 3 rings (SSSR count). The number of carbonyl (C=O) groups is 2. The van der Waals surface area contributed by atoms with Gasteiger partial charge in [-0.3, -0.25) is 4.79 Å². The van der Waals surface area contributed by atoms with E-state index < -0.39 is 0 Å². The van der Waals surface area contributed by atoms with Crippen LogP contribution in [0.1, 0.15) is 37.2 Å². The zero-order valence-electron chi connectivity index (χ0n) is 13.0. The molecule has 1 aromatic carbocycles. The summed E-state index contributed by atoms with van der Waals surface area (Å²) < 4.78 is 12.9. The number of carbonyl (C=O) groups excluding carboxylic acids is 2. The Balaban J connectivity index is 1.44. The van der Waals surface area contributed by atoms with Crippen LogP contribution in [-0.2, 0) is 4.79 Å². The van der Waals surface area contributed by atoms with E-state index in [1.54, 1.807) is 17.0 Å². The molecule has 1 aliphatic carbocycles. The SMILES string of the molecule is NC(=O)CC1CCN(C(=O)N[C@H]2C[C@H]2c2ccc(F)cc2)CC1. The Morgan fingerprint density at radius 2 is 1.87 bits per heavy atom. The van der Waals surface area contributed by atoms with Gasteiger partial charge in [0, 0.05) is 31.5 Å². The van der Waals surface area contributed by atoms with Crippen LogP contribution in [-0.4, -0.2) is 36.0 Å². The molecular weight excluding hydrogens is 297 g/mol. The number of nitrogens with two attached hydrogens (primary N) is 1. The lowest BCUT2D eigenvalue weighted by atomic mass is 9.93. The standard InChI is InChI=1S/C17H22FN3O2/c18-13-3-1-12(2-4-13)14-10-15(14)20-17(23)21-7-5-11(6-8-21)9-16(19)22/h1-4,11,14-15H,5-10H2,(H2,19,22)(H,20,23)/t14-,15-/m0/s1. The summed E-state index contributed by atoms with van der Waals surface area (Å²) in [6.45, 7) is 1.33. The molecule has 0 bridgehead atoms. The van der Waals surface area contributed by atoms with E-state index in [1.807, 2.05) is 0 Å². The molecule has 3 N–H and O–H groups in total. The summed E-state index contributed by atoms with van der Waals surface area (Å²) in [6, 6.07) is 6.56. The molecule has 2 fully saturated rings. The fourth-order valence-electron chi connectivity index (χ4n) is 3.31. The molecule has 124 valence electrons. The van der Waals surface area contributed by atoms with Crippen molar-refractivity contribution in [2.75, 3.05) is 13.1 Å². The number of urea groups is 1. The van der Waals surface area contributed by atoms with Gasteiger partial charge < -0.3 is 16.0 Å². The highest BCUT2D eigenvalue weighted by atomic mass is 19.1. The van der Waals surface area contributed by atoms with Gasteiger partial charge in [-0.15, -0.1) is 0 Å². The molecule has 3 amide bonds. The molecule has 0 aromatic heterocycles. The van der Waals surface area contributed by atoms with Gasteiger partial charge in [0.25, 0.3) is 0 Å². The second-order valence-electron chi connectivity index (χ2n) is 6.55. The minimum absolute atomic E-state index is 0.0443. The van der Waals surface area contributed by atoms with Gasteiger partial charge >= 0.3 is 6.03 Å². The molecule has 1 saturated carbocycles. The average molecular weight is 319 g/mol. The first kappa shape index (κ1) is 15.8. The fraction of sp³-hybridized carbons (Fsp3) is 0.529. The lowest BCUT2D eigenvalue weighted by molar-refractivity contribution is -0.119. The minimum Gasteiger partial charge on any atom is -0.370 e. The van der Waals surface area contributed by atoms with Gasteiger partial charge in [0.15, 0.2) is 0 Å². The van der Waals surface area contributed by atoms with Crippen LogP contribution in [0.4, 0.5) is 9.18 Å². The third-order valence-corrected chi connectivity index (χ3v) is 4.79. The van der Waals surface area contributed by atoms with Crippen molar-refractivity contribution in [1.29, 1.82) is 0 Å². The Hall–Kier alpha value is -2.11. The van der Waals surface area contributed by atoms with Crippen LogP contribution in [0.2, 0.25) is 0 Å². The molecule has 0 unspecified atom stereocenters. The number of amides is 3. The molecule has 5 nitrogen and oxygen atoms in total. The predicted octanol–water partition coefficient (Wildman–Crippen LogP) is 1.98. The summed E-state index contributed by atoms with van der Waals surface area (Å²) in [5, 5.41) is 3.04. The van der Waals surface area contributed by atoms with E-state index in [2.05, 4.69) is 5.32 Å². The van der Waals surface area contributed by atoms with Crippen molar-refractivity contribution in [3.05, 3.63) is 35.6 Å². The van der Waals surface area contributed by atoms with Crippen molar-refractivity contribution >= 4 is 11.9 Å². The van der Waals surface area contributed by atoms with Crippen LogP contribution in [0, 0.1) is 11.7 Å². The first-order chi connectivity index (χ1) is 11.0. The summed E-state index contributed by atoms with van der Waals surface area (Å²) in [4.78, 5) is 25.0. The Morgan fingerprint density at radius 3 is 2.48 bits per heavy atom. The van der Waals surface area contributed by atoms with Gasteiger partial charge in [0.05, 0.1) is 0 Å². The lowest BCUT2D eigenvalue weighted by Gasteiger charge is -2.31. The number of nitrogens with one attached hydrogen (secondary N) is 1. The smallest absolute Gasteiger partial charge is 0.317 e. The maximum Gasteiger partial charge on any atom is 0.317 e. The highest BCUT2D eigenvalue weighted by molar-refractivity contribution is 5.76. The Bertz CT molecular complexity index is 582. The largest absolute Gasteiger partial charge is 0.370 e. The third-order valence-electron chi connectivity index (χ3n) is 4.79. The number of rotatable bonds is 4. The summed E-state index contributed by atoms with van der Waals surface area (Å²) in [5.74, 6) is 0.0678. The lowest BCUT2D eigenvalue weighted by Crippen LogP contribution is -2.45. The molecule has 2 aliphatic rings. The second kappa shape index (κ2) is 6.56. The van der Waals surface area contributed by atoms with E-state index in [0.717, 1.165) is 24.8 Å². The van der Waals surface area contributed by atoms with Gasteiger partial charge in [0.2, 0.25) is 5.91 Å². The van der Waals surface area contributed by atoms with Crippen molar-refractivity contribution in [2.24, 2.45) is 11.7 Å². The van der Waals surface area contributed by atoms with Crippen LogP contribution >= 0.6 is 0 Å². The highest BCUT2D eigenvalue weighted by Gasteiger charge is 2.40. The van der Waals surface area contributed by atoms with Crippen molar-refractivity contribution in [1.82, 2.24) is 10.2 Å². The van der Waals surface area contributed by atoms with E-state index in [1.165, 1.54) is 12.1 Å². The summed E-state index contributed by atoms with van der Waals surface area (Å²) in [6.07, 6.45) is 2.95. The number of hydrogen-bond acceptors (Lipinski definition) is 2. The topological polar surface area (TPSA) is 75.4 Å². The van der Waals surface area contributed by atoms with Gasteiger partial charge in [0.1, 0.15) is 5.82 Å². The molecule has 2 atom stereocenters. The first-order valence-electron chi connectivity index (χ1n) is 8.12. The Morgan fingerprint density at radius 1 is 1.22 bits per heavy atom. The van der Waals surface area contributed by atoms with Crippen molar-refractivity contribution in [3.8, 4) is 0 Å². The molecular formula is C17H22FN3O2. The van der Waals surface area contributed by atoms with E-state index in [0.29, 0.717) is 25.4 Å². The van der Waals surface area contributed by atoms with Crippen LogP contribution < -0.4 is 11.1 Å². The number of primary amides is 1. The number of halogens is 1. The van der Waals surface area contributed by atoms with Crippen LogP contribution in [0.3, 0.4) is 0 Å². The highest BCUT2D eigenvalue weighted by Crippen LogP contribution is 2.40. The molecule has 1 saturated heterocycles. The number of benzene rings is 1. The van der Waals surface area contributed by atoms with E-state index in [9.17, 15) is 14.0 Å². The summed E-state index contributed by atoms with van der Waals surface area (Å²) in [7, 11) is 0. The normalized spacial score (nSPS) is 24.3. The van der Waals surface area contributed by atoms with Gasteiger partial charge in [-0.25, -0.2) is 9.18 Å². The zero-order valence-corrected chi connectivity index (χ0v) is 13.0. The van der Waals surface area contributed by atoms with E-state index in [4.69, 9.17) is 5.73 Å². The molecule has 6 heteroatoms. The number of nitrogens with zero attached hydrogens (tertiary/aromatic N) is 1. The van der Waals surface area contributed by atoms with Crippen LogP contribution in [0.5, 0.6) is 0 Å². The molecule has 1 aliphatic heterocycles. The van der Waals surface area contributed by atoms with Crippen LogP contribution in [0.15, 0.2) is 24.3 Å². The predicted molar refractivity (Wildman–Crippen MR) is 84.2 cm³/mol. The minimum atomic E-state index is -0.270. The monoisotopic (exact) mass is 319 g/mol. The maximum absolute atomic E-state index is 12.9. The molecule has 0 radical (unpaired) electrons. The quantitative estimate of drug-likeness (QED) is 0.890. The maximum atomic E-state index is 12.9. The first-order valence-corrected chi connectivity index (χ1v) is 8.12. The van der Waals surface area contributed by atoms with Crippen molar-refractivity contribution in [3.63, 3.8) is 0 Å². The van der Waals surface area contributed by atoms with E-state index >= 15 is 0 Å². The van der Waals surface area contributed by atoms with E-state index in [-0.39, 0.29) is 29.7 Å². The van der Waals surface area contributed by atoms with Crippen molar-refractivity contribution in [2.45, 2.75) is 37.6 Å². The Labute approximate surface area is 135 Å². The number of likely N-dealkylation sites (tertiary alicyclic amines) is 1. The summed E-state index contributed by atoms with van der Waals surface area (Å²) in [5.41, 5.74) is 6.28. The van der Waals surface area contributed by atoms with Crippen molar-refractivity contribution < 1.29 is 14.0 Å². The zero-order chi connectivity index (χ0) is 16.4. The van der Waals surface area contributed by atoms with Gasteiger partial charge in [-0.1, -0.05) is 12.1 Å². The fourth-order valence-corrected chi connectivity index (χ4v) is 3.31. The van der Waals surface area contributed by atoms with Gasteiger partial charge in [-0.05, 0) is 42.9 Å². The third kappa shape index (κ3) is 4.00. The van der Waals surface area contributed by atoms with Crippen LogP contribution in [0.25, 0.3) is 0 Å². The second-order valence-corrected chi connectivity index (χ2v) is 6.55. The average Bonchev–Trinajstić information content (AvgIpc) is 3.27. The number of hydrogen-bond donors (Lipinski definition) is 2.